The van der Waals surface area contributed by atoms with E-state index in [1.807, 2.05) is 19.9 Å². The highest BCUT2D eigenvalue weighted by Crippen LogP contribution is 2.23. The zero-order chi connectivity index (χ0) is 10.6. The van der Waals surface area contributed by atoms with Crippen molar-refractivity contribution in [1.29, 1.82) is 0 Å². The van der Waals surface area contributed by atoms with Gasteiger partial charge in [-0.1, -0.05) is 17.2 Å². The van der Waals surface area contributed by atoms with Crippen LogP contribution < -0.4 is 10.5 Å². The first-order valence-electron chi connectivity index (χ1n) is 4.41. The molecule has 3 heteroatoms. The van der Waals surface area contributed by atoms with Crippen molar-refractivity contribution < 1.29 is 4.74 Å². The molecule has 2 N–H and O–H groups in total. The summed E-state index contributed by atoms with van der Waals surface area (Å²) in [5.41, 5.74) is 7.37. The Kier molecular flexibility index (Phi) is 3.84. The van der Waals surface area contributed by atoms with Crippen molar-refractivity contribution >= 4 is 17.3 Å². The fourth-order valence-electron chi connectivity index (χ4n) is 0.902. The van der Waals surface area contributed by atoms with E-state index in [2.05, 4.69) is 0 Å². The van der Waals surface area contributed by atoms with Crippen molar-refractivity contribution in [1.82, 2.24) is 0 Å². The first kappa shape index (κ1) is 10.9. The Morgan fingerprint density at radius 3 is 2.79 bits per heavy atom. The summed E-state index contributed by atoms with van der Waals surface area (Å²) in [6.45, 7) is 4.61. The van der Waals surface area contributed by atoms with E-state index in [-0.39, 0.29) is 0 Å². The van der Waals surface area contributed by atoms with Crippen molar-refractivity contribution in [2.75, 3.05) is 12.3 Å². The molecule has 14 heavy (non-hydrogen) atoms. The van der Waals surface area contributed by atoms with Crippen LogP contribution >= 0.6 is 11.6 Å². The molecular weight excluding hydrogens is 198 g/mol. The van der Waals surface area contributed by atoms with Crippen molar-refractivity contribution in [3.63, 3.8) is 0 Å². The monoisotopic (exact) mass is 211 g/mol. The summed E-state index contributed by atoms with van der Waals surface area (Å²) in [5, 5.41) is 0.528. The third-order valence-electron chi connectivity index (χ3n) is 1.71. The van der Waals surface area contributed by atoms with Crippen LogP contribution in [-0.4, -0.2) is 6.61 Å². The maximum absolute atomic E-state index is 5.83. The van der Waals surface area contributed by atoms with Crippen LogP contribution in [0.1, 0.15) is 13.8 Å². The molecule has 0 aliphatic rings. The molecule has 0 atom stereocenters. The number of allylic oxidation sites excluding steroid dienone is 1. The van der Waals surface area contributed by atoms with Gasteiger partial charge in [0.05, 0.1) is 10.7 Å². The van der Waals surface area contributed by atoms with Gasteiger partial charge in [0.25, 0.3) is 0 Å². The van der Waals surface area contributed by atoms with Gasteiger partial charge in [-0.25, -0.2) is 0 Å². The van der Waals surface area contributed by atoms with E-state index in [9.17, 15) is 0 Å². The molecule has 0 spiro atoms. The van der Waals surface area contributed by atoms with Crippen LogP contribution in [0.2, 0.25) is 5.02 Å². The second-order valence-corrected chi connectivity index (χ2v) is 3.68. The Balaban J connectivity index is 2.60. The summed E-state index contributed by atoms with van der Waals surface area (Å²) in [6, 6.07) is 5.26. The van der Waals surface area contributed by atoms with E-state index >= 15 is 0 Å². The lowest BCUT2D eigenvalue weighted by Gasteiger charge is -2.05. The van der Waals surface area contributed by atoms with Gasteiger partial charge >= 0.3 is 0 Å². The second-order valence-electron chi connectivity index (χ2n) is 3.28. The Hall–Kier alpha value is -1.15. The van der Waals surface area contributed by atoms with E-state index in [1.54, 1.807) is 18.2 Å². The average Bonchev–Trinajstić information content (AvgIpc) is 2.10. The number of anilines is 1. The molecule has 0 bridgehead atoms. The number of hydrogen-bond acceptors (Lipinski definition) is 2. The van der Waals surface area contributed by atoms with Crippen LogP contribution in [0, 0.1) is 0 Å². The first-order chi connectivity index (χ1) is 6.59. The average molecular weight is 212 g/mol. The Bertz CT molecular complexity index is 343. The number of ether oxygens (including phenoxy) is 1. The maximum atomic E-state index is 5.83. The number of halogens is 1. The van der Waals surface area contributed by atoms with Gasteiger partial charge in [-0.2, -0.15) is 0 Å². The van der Waals surface area contributed by atoms with E-state index in [0.717, 1.165) is 5.75 Å². The van der Waals surface area contributed by atoms with Crippen molar-refractivity contribution in [2.24, 2.45) is 0 Å². The molecule has 0 aliphatic carbocycles. The van der Waals surface area contributed by atoms with Crippen LogP contribution in [0.15, 0.2) is 29.8 Å². The lowest BCUT2D eigenvalue weighted by atomic mass is 10.3. The lowest BCUT2D eigenvalue weighted by molar-refractivity contribution is 0.362. The third-order valence-corrected chi connectivity index (χ3v) is 2.04. The molecule has 0 saturated heterocycles. The lowest BCUT2D eigenvalue weighted by Crippen LogP contribution is -1.95. The van der Waals surface area contributed by atoms with Gasteiger partial charge in [0, 0.05) is 6.07 Å². The normalized spacial score (nSPS) is 9.64. The van der Waals surface area contributed by atoms with E-state index in [1.165, 1.54) is 5.57 Å². The Morgan fingerprint density at radius 1 is 1.50 bits per heavy atom. The molecule has 0 amide bonds. The highest BCUT2D eigenvalue weighted by molar-refractivity contribution is 6.33. The van der Waals surface area contributed by atoms with Gasteiger partial charge in [-0.05, 0) is 32.1 Å². The molecule has 76 valence electrons. The molecule has 0 fully saturated rings. The molecule has 0 heterocycles. The molecule has 0 saturated carbocycles. The van der Waals surface area contributed by atoms with Crippen LogP contribution in [0.25, 0.3) is 0 Å². The summed E-state index contributed by atoms with van der Waals surface area (Å²) in [6.07, 6.45) is 2.00. The Morgan fingerprint density at radius 2 is 2.21 bits per heavy atom. The molecule has 1 aromatic rings. The van der Waals surface area contributed by atoms with E-state index < -0.39 is 0 Å². The highest BCUT2D eigenvalue weighted by Gasteiger charge is 1.97. The van der Waals surface area contributed by atoms with Crippen LogP contribution in [-0.2, 0) is 0 Å². The van der Waals surface area contributed by atoms with Gasteiger partial charge in [-0.15, -0.1) is 0 Å². The van der Waals surface area contributed by atoms with Gasteiger partial charge in [-0.3, -0.25) is 0 Å². The van der Waals surface area contributed by atoms with Crippen LogP contribution in [0.3, 0.4) is 0 Å². The zero-order valence-corrected chi connectivity index (χ0v) is 9.14. The third kappa shape index (κ3) is 3.30. The number of hydrogen-bond donors (Lipinski definition) is 1. The molecule has 0 unspecified atom stereocenters. The molecule has 1 aromatic carbocycles. The van der Waals surface area contributed by atoms with Crippen molar-refractivity contribution in [3.8, 4) is 5.75 Å². The largest absolute Gasteiger partial charge is 0.489 e. The first-order valence-corrected chi connectivity index (χ1v) is 4.78. The van der Waals surface area contributed by atoms with Gasteiger partial charge in [0.2, 0.25) is 0 Å². The summed E-state index contributed by atoms with van der Waals surface area (Å²) >= 11 is 5.83. The van der Waals surface area contributed by atoms with Gasteiger partial charge in [0.1, 0.15) is 12.4 Å². The Labute approximate surface area is 89.3 Å². The molecule has 0 aromatic heterocycles. The summed E-state index contributed by atoms with van der Waals surface area (Å²) in [5.74, 6) is 0.738. The smallest absolute Gasteiger partial charge is 0.121 e. The quantitative estimate of drug-likeness (QED) is 0.615. The van der Waals surface area contributed by atoms with E-state index in [0.29, 0.717) is 17.3 Å². The number of benzene rings is 1. The standard InChI is InChI=1S/C11H14ClNO/c1-8(2)5-6-14-9-3-4-11(13)10(12)7-9/h3-5,7H,6,13H2,1-2H3. The summed E-state index contributed by atoms with van der Waals surface area (Å²) in [4.78, 5) is 0. The van der Waals surface area contributed by atoms with Crippen LogP contribution in [0.4, 0.5) is 5.69 Å². The predicted octanol–water partition coefficient (Wildman–Crippen LogP) is 3.27. The van der Waals surface area contributed by atoms with Gasteiger partial charge in [0.15, 0.2) is 0 Å². The van der Waals surface area contributed by atoms with Crippen molar-refractivity contribution in [3.05, 3.63) is 34.9 Å². The predicted molar refractivity (Wildman–Crippen MR) is 60.8 cm³/mol. The maximum Gasteiger partial charge on any atom is 0.121 e. The molecular formula is C11H14ClNO. The fourth-order valence-corrected chi connectivity index (χ4v) is 1.07. The SMILES string of the molecule is CC(C)=CCOc1ccc(N)c(Cl)c1. The topological polar surface area (TPSA) is 35.2 Å². The molecule has 0 radical (unpaired) electrons. The number of nitrogen functional groups attached to an aromatic ring is 1. The molecule has 0 aliphatic heterocycles. The van der Waals surface area contributed by atoms with Crippen molar-refractivity contribution in [2.45, 2.75) is 13.8 Å². The zero-order valence-electron chi connectivity index (χ0n) is 8.38. The summed E-state index contributed by atoms with van der Waals surface area (Å²) in [7, 11) is 0. The van der Waals surface area contributed by atoms with Gasteiger partial charge < -0.3 is 10.5 Å². The number of nitrogens with two attached hydrogens (primary N) is 1. The molecule has 2 nitrogen and oxygen atoms in total. The summed E-state index contributed by atoms with van der Waals surface area (Å²) < 4.78 is 5.44. The molecule has 1 rings (SSSR count). The van der Waals surface area contributed by atoms with E-state index in [4.69, 9.17) is 22.1 Å². The fraction of sp³-hybridized carbons (Fsp3) is 0.273. The van der Waals surface area contributed by atoms with Crippen LogP contribution in [0.5, 0.6) is 5.75 Å². The minimum Gasteiger partial charge on any atom is -0.489 e. The second kappa shape index (κ2) is 4.91. The number of rotatable bonds is 3. The highest BCUT2D eigenvalue weighted by atomic mass is 35.5. The minimum atomic E-state index is 0.528. The minimum absolute atomic E-state index is 0.528.